The molecule has 0 radical (unpaired) electrons. The van der Waals surface area contributed by atoms with Crippen molar-refractivity contribution in [2.45, 2.75) is 32.7 Å². The highest BCUT2D eigenvalue weighted by Gasteiger charge is 2.33. The minimum absolute atomic E-state index is 0.0882. The average Bonchev–Trinajstić information content (AvgIpc) is 2.37. The van der Waals surface area contributed by atoms with E-state index >= 15 is 0 Å². The number of likely N-dealkylation sites (tertiary alicyclic amines) is 1. The molecule has 0 aliphatic carbocycles. The summed E-state index contributed by atoms with van der Waals surface area (Å²) in [5.41, 5.74) is 1.49. The summed E-state index contributed by atoms with van der Waals surface area (Å²) in [6.45, 7) is 4.26. The van der Waals surface area contributed by atoms with Gasteiger partial charge in [0.15, 0.2) is 0 Å². The number of aryl methyl sites for hydroxylation is 1. The third-order valence-corrected chi connectivity index (χ3v) is 4.15. The summed E-state index contributed by atoms with van der Waals surface area (Å²) in [5.74, 6) is -1.26. The van der Waals surface area contributed by atoms with Crippen LogP contribution in [0.1, 0.15) is 35.7 Å². The standard InChI is InChI=1S/C15H18ClNO3/c1-9-3-4-12(13(16)7-9)14(18)17-6-5-11(15(19)20)8-10(17)2/h3-4,7,10-11H,5-6,8H2,1-2H3,(H,19,20). The molecule has 1 aromatic rings. The molecule has 0 aromatic heterocycles. The molecule has 4 nitrogen and oxygen atoms in total. The minimum atomic E-state index is -0.780. The van der Waals surface area contributed by atoms with Gasteiger partial charge in [-0.3, -0.25) is 9.59 Å². The Morgan fingerprint density at radius 2 is 2.10 bits per heavy atom. The van der Waals surface area contributed by atoms with Crippen molar-refractivity contribution in [3.63, 3.8) is 0 Å². The second-order valence-corrected chi connectivity index (χ2v) is 5.80. The maximum Gasteiger partial charge on any atom is 0.306 e. The van der Waals surface area contributed by atoms with Crippen LogP contribution in [0.15, 0.2) is 18.2 Å². The van der Waals surface area contributed by atoms with E-state index in [1.54, 1.807) is 17.0 Å². The number of carbonyl (C=O) groups excluding carboxylic acids is 1. The monoisotopic (exact) mass is 295 g/mol. The number of carboxylic acids is 1. The van der Waals surface area contributed by atoms with Crippen molar-refractivity contribution in [3.05, 3.63) is 34.3 Å². The van der Waals surface area contributed by atoms with E-state index in [9.17, 15) is 9.59 Å². The molecule has 1 amide bonds. The largest absolute Gasteiger partial charge is 0.481 e. The Bertz CT molecular complexity index is 544. The van der Waals surface area contributed by atoms with Crippen molar-refractivity contribution in [3.8, 4) is 0 Å². The number of hydrogen-bond donors (Lipinski definition) is 1. The van der Waals surface area contributed by atoms with Gasteiger partial charge in [-0.25, -0.2) is 0 Å². The highest BCUT2D eigenvalue weighted by Crippen LogP contribution is 2.27. The zero-order valence-corrected chi connectivity index (χ0v) is 12.4. The molecule has 1 saturated heterocycles. The number of piperidine rings is 1. The summed E-state index contributed by atoms with van der Waals surface area (Å²) in [6.07, 6.45) is 0.986. The molecule has 5 heteroatoms. The van der Waals surface area contributed by atoms with Gasteiger partial charge in [0.2, 0.25) is 0 Å². The molecular weight excluding hydrogens is 278 g/mol. The Morgan fingerprint density at radius 1 is 1.40 bits per heavy atom. The Balaban J connectivity index is 2.16. The van der Waals surface area contributed by atoms with Crippen LogP contribution < -0.4 is 0 Å². The van der Waals surface area contributed by atoms with Gasteiger partial charge in [0.1, 0.15) is 0 Å². The molecule has 1 fully saturated rings. The zero-order chi connectivity index (χ0) is 14.9. The second kappa shape index (κ2) is 5.83. The lowest BCUT2D eigenvalue weighted by Gasteiger charge is -2.36. The summed E-state index contributed by atoms with van der Waals surface area (Å²) in [6, 6.07) is 5.27. The average molecular weight is 296 g/mol. The number of carbonyl (C=O) groups is 2. The van der Waals surface area contributed by atoms with E-state index in [1.807, 2.05) is 19.9 Å². The van der Waals surface area contributed by atoms with Crippen LogP contribution in [0.3, 0.4) is 0 Å². The molecule has 0 spiro atoms. The number of carboxylic acid groups (broad SMARTS) is 1. The number of aliphatic carboxylic acids is 1. The highest BCUT2D eigenvalue weighted by molar-refractivity contribution is 6.33. The Labute approximate surface area is 123 Å². The molecule has 1 aromatic carbocycles. The lowest BCUT2D eigenvalue weighted by molar-refractivity contribution is -0.143. The Kier molecular flexibility index (Phi) is 4.33. The van der Waals surface area contributed by atoms with Crippen LogP contribution in [-0.2, 0) is 4.79 Å². The van der Waals surface area contributed by atoms with Gasteiger partial charge in [-0.1, -0.05) is 17.7 Å². The first-order chi connectivity index (χ1) is 9.40. The Hall–Kier alpha value is -1.55. The van der Waals surface area contributed by atoms with Crippen LogP contribution >= 0.6 is 11.6 Å². The van der Waals surface area contributed by atoms with E-state index in [-0.39, 0.29) is 17.9 Å². The Morgan fingerprint density at radius 3 is 2.65 bits per heavy atom. The number of benzene rings is 1. The van der Waals surface area contributed by atoms with Gasteiger partial charge in [-0.2, -0.15) is 0 Å². The van der Waals surface area contributed by atoms with E-state index in [0.717, 1.165) is 5.56 Å². The van der Waals surface area contributed by atoms with Crippen molar-refractivity contribution in [2.75, 3.05) is 6.54 Å². The van der Waals surface area contributed by atoms with Crippen molar-refractivity contribution >= 4 is 23.5 Å². The van der Waals surface area contributed by atoms with Crippen LogP contribution in [0.5, 0.6) is 0 Å². The first kappa shape index (κ1) is 14.9. The van der Waals surface area contributed by atoms with E-state index in [1.165, 1.54) is 0 Å². The first-order valence-corrected chi connectivity index (χ1v) is 7.08. The summed E-state index contributed by atoms with van der Waals surface area (Å²) < 4.78 is 0. The van der Waals surface area contributed by atoms with Gasteiger partial charge in [-0.15, -0.1) is 0 Å². The summed E-state index contributed by atoms with van der Waals surface area (Å²) >= 11 is 6.13. The van der Waals surface area contributed by atoms with Gasteiger partial charge in [0, 0.05) is 12.6 Å². The highest BCUT2D eigenvalue weighted by atomic mass is 35.5. The molecule has 1 aliphatic heterocycles. The number of rotatable bonds is 2. The van der Waals surface area contributed by atoms with Gasteiger partial charge in [0.05, 0.1) is 16.5 Å². The fourth-order valence-electron chi connectivity index (χ4n) is 2.65. The first-order valence-electron chi connectivity index (χ1n) is 6.70. The molecule has 2 unspecified atom stereocenters. The number of amides is 1. The SMILES string of the molecule is Cc1ccc(C(=O)N2CCC(C(=O)O)CC2C)c(Cl)c1. The smallest absolute Gasteiger partial charge is 0.306 e. The fourth-order valence-corrected chi connectivity index (χ4v) is 2.96. The second-order valence-electron chi connectivity index (χ2n) is 5.39. The number of hydrogen-bond acceptors (Lipinski definition) is 2. The zero-order valence-electron chi connectivity index (χ0n) is 11.6. The van der Waals surface area contributed by atoms with Gasteiger partial charge in [0.25, 0.3) is 5.91 Å². The van der Waals surface area contributed by atoms with Crippen LogP contribution in [-0.4, -0.2) is 34.5 Å². The summed E-state index contributed by atoms with van der Waals surface area (Å²) in [5, 5.41) is 9.49. The molecule has 2 rings (SSSR count). The number of nitrogens with zero attached hydrogens (tertiary/aromatic N) is 1. The lowest BCUT2D eigenvalue weighted by atomic mass is 9.91. The quantitative estimate of drug-likeness (QED) is 0.912. The molecule has 1 aliphatic rings. The van der Waals surface area contributed by atoms with E-state index in [2.05, 4.69) is 0 Å². The maximum absolute atomic E-state index is 12.5. The summed E-state index contributed by atoms with van der Waals surface area (Å²) in [7, 11) is 0. The molecule has 108 valence electrons. The predicted molar refractivity (Wildman–Crippen MR) is 77.0 cm³/mol. The van der Waals surface area contributed by atoms with Crippen molar-refractivity contribution in [1.82, 2.24) is 4.90 Å². The van der Waals surface area contributed by atoms with Crippen LogP contribution in [0.25, 0.3) is 0 Å². The molecule has 0 bridgehead atoms. The molecule has 1 heterocycles. The van der Waals surface area contributed by atoms with Crippen molar-refractivity contribution < 1.29 is 14.7 Å². The lowest BCUT2D eigenvalue weighted by Crippen LogP contribution is -2.46. The number of halogens is 1. The van der Waals surface area contributed by atoms with Gasteiger partial charge in [-0.05, 0) is 44.4 Å². The topological polar surface area (TPSA) is 57.6 Å². The maximum atomic E-state index is 12.5. The third kappa shape index (κ3) is 2.96. The minimum Gasteiger partial charge on any atom is -0.481 e. The third-order valence-electron chi connectivity index (χ3n) is 3.84. The van der Waals surface area contributed by atoms with E-state index in [4.69, 9.17) is 16.7 Å². The summed E-state index contributed by atoms with van der Waals surface area (Å²) in [4.78, 5) is 25.2. The predicted octanol–water partition coefficient (Wildman–Crippen LogP) is 2.97. The molecular formula is C15H18ClNO3. The normalized spacial score (nSPS) is 22.6. The molecule has 20 heavy (non-hydrogen) atoms. The van der Waals surface area contributed by atoms with Crippen LogP contribution in [0, 0.1) is 12.8 Å². The van der Waals surface area contributed by atoms with Crippen LogP contribution in [0.4, 0.5) is 0 Å². The van der Waals surface area contributed by atoms with E-state index in [0.29, 0.717) is 30.0 Å². The fraction of sp³-hybridized carbons (Fsp3) is 0.467. The molecule has 0 saturated carbocycles. The van der Waals surface area contributed by atoms with E-state index < -0.39 is 5.97 Å². The van der Waals surface area contributed by atoms with Crippen LogP contribution in [0.2, 0.25) is 5.02 Å². The van der Waals surface area contributed by atoms with Gasteiger partial charge >= 0.3 is 5.97 Å². The molecule has 1 N–H and O–H groups in total. The molecule has 2 atom stereocenters. The van der Waals surface area contributed by atoms with Crippen molar-refractivity contribution in [1.29, 1.82) is 0 Å². The van der Waals surface area contributed by atoms with Crippen molar-refractivity contribution in [2.24, 2.45) is 5.92 Å². The van der Waals surface area contributed by atoms with Gasteiger partial charge < -0.3 is 10.0 Å².